The summed E-state index contributed by atoms with van der Waals surface area (Å²) in [4.78, 5) is 24.4. The van der Waals surface area contributed by atoms with E-state index in [0.29, 0.717) is 5.69 Å². The quantitative estimate of drug-likeness (QED) is 0.647. The van der Waals surface area contributed by atoms with Crippen LogP contribution in [0.1, 0.15) is 16.2 Å². The molecule has 0 saturated carbocycles. The number of alkyl halides is 2. The molecule has 4 N–H and O–H groups in total. The van der Waals surface area contributed by atoms with Crippen molar-refractivity contribution in [3.8, 4) is 0 Å². The van der Waals surface area contributed by atoms with Crippen LogP contribution in [0.3, 0.4) is 0 Å². The Morgan fingerprint density at radius 3 is 2.71 bits per heavy atom. The number of rotatable bonds is 4. The number of urea groups is 1. The number of anilines is 1. The van der Waals surface area contributed by atoms with Crippen LogP contribution < -0.4 is 10.6 Å². The number of halogens is 2. The molecule has 6 nitrogen and oxygen atoms in total. The van der Waals surface area contributed by atoms with Crippen LogP contribution in [0.5, 0.6) is 0 Å². The topological polar surface area (TPSA) is 94.2 Å². The van der Waals surface area contributed by atoms with Gasteiger partial charge in [-0.25, -0.2) is 18.4 Å². The molecule has 8 heteroatoms. The van der Waals surface area contributed by atoms with Gasteiger partial charge in [-0.3, -0.25) is 0 Å². The first-order valence-electron chi connectivity index (χ1n) is 4.66. The average molecular weight is 247 g/mol. The number of aryl methyl sites for hydroxylation is 1. The largest absolute Gasteiger partial charge is 0.477 e. The second-order valence-electron chi connectivity index (χ2n) is 3.27. The zero-order valence-corrected chi connectivity index (χ0v) is 8.88. The van der Waals surface area contributed by atoms with E-state index in [4.69, 9.17) is 5.11 Å². The molecule has 0 radical (unpaired) electrons. The highest BCUT2D eigenvalue weighted by molar-refractivity contribution is 5.99. The highest BCUT2D eigenvalue weighted by Crippen LogP contribution is 2.16. The number of aromatic carboxylic acids is 1. The van der Waals surface area contributed by atoms with Gasteiger partial charge in [0.2, 0.25) is 0 Å². The predicted octanol–water partition coefficient (Wildman–Crippen LogP) is 1.41. The van der Waals surface area contributed by atoms with Gasteiger partial charge in [0.25, 0.3) is 6.43 Å². The molecule has 0 spiro atoms. The number of hydrogen-bond acceptors (Lipinski definition) is 2. The Morgan fingerprint density at radius 1 is 1.53 bits per heavy atom. The molecule has 1 aromatic rings. The van der Waals surface area contributed by atoms with E-state index in [0.717, 1.165) is 0 Å². The number of amides is 2. The maximum atomic E-state index is 11.8. The molecule has 0 aliphatic heterocycles. The SMILES string of the molecule is Cc1cc(NC(=O)NCC(F)F)c(C(=O)O)[nH]1. The summed E-state index contributed by atoms with van der Waals surface area (Å²) in [5, 5.41) is 12.9. The number of hydrogen-bond donors (Lipinski definition) is 4. The lowest BCUT2D eigenvalue weighted by Crippen LogP contribution is -2.32. The minimum atomic E-state index is -2.66. The first kappa shape index (κ1) is 12.9. The summed E-state index contributed by atoms with van der Waals surface area (Å²) in [5.41, 5.74) is 0.364. The fourth-order valence-electron chi connectivity index (χ4n) is 1.19. The maximum absolute atomic E-state index is 11.8. The summed E-state index contributed by atoms with van der Waals surface area (Å²) in [6.45, 7) is 0.812. The summed E-state index contributed by atoms with van der Waals surface area (Å²) in [6.07, 6.45) is -2.66. The second kappa shape index (κ2) is 5.28. The lowest BCUT2D eigenvalue weighted by molar-refractivity contribution is 0.0692. The van der Waals surface area contributed by atoms with E-state index in [9.17, 15) is 18.4 Å². The van der Waals surface area contributed by atoms with Gasteiger partial charge >= 0.3 is 12.0 Å². The van der Waals surface area contributed by atoms with Gasteiger partial charge in [0.05, 0.1) is 12.2 Å². The number of H-pyrrole nitrogens is 1. The van der Waals surface area contributed by atoms with E-state index in [1.165, 1.54) is 6.07 Å². The molecule has 1 aromatic heterocycles. The Bertz CT molecular complexity index is 431. The molecule has 0 saturated heterocycles. The Labute approximate surface area is 95.0 Å². The van der Waals surface area contributed by atoms with Gasteiger partial charge in [0, 0.05) is 5.69 Å². The Balaban J connectivity index is 2.68. The van der Waals surface area contributed by atoms with Crippen molar-refractivity contribution in [2.24, 2.45) is 0 Å². The molecular weight excluding hydrogens is 236 g/mol. The third kappa shape index (κ3) is 3.74. The molecule has 2 amide bonds. The fourth-order valence-corrected chi connectivity index (χ4v) is 1.19. The zero-order valence-electron chi connectivity index (χ0n) is 8.88. The number of carbonyl (C=O) groups excluding carboxylic acids is 1. The molecule has 0 bridgehead atoms. The highest BCUT2D eigenvalue weighted by Gasteiger charge is 2.15. The molecule has 0 unspecified atom stereocenters. The zero-order chi connectivity index (χ0) is 13.0. The van der Waals surface area contributed by atoms with E-state index < -0.39 is 25.0 Å². The Hall–Kier alpha value is -2.12. The third-order valence-electron chi connectivity index (χ3n) is 1.83. The smallest absolute Gasteiger partial charge is 0.354 e. The molecule has 0 fully saturated rings. The van der Waals surface area contributed by atoms with Crippen molar-refractivity contribution in [1.29, 1.82) is 0 Å². The van der Waals surface area contributed by atoms with E-state index in [1.807, 2.05) is 5.32 Å². The summed E-state index contributed by atoms with van der Waals surface area (Å²) < 4.78 is 23.6. The second-order valence-corrected chi connectivity index (χ2v) is 3.27. The average Bonchev–Trinajstić information content (AvgIpc) is 2.56. The van der Waals surface area contributed by atoms with Gasteiger partial charge in [-0.15, -0.1) is 0 Å². The first-order valence-corrected chi connectivity index (χ1v) is 4.66. The molecular formula is C9H11F2N3O3. The standard InChI is InChI=1S/C9H11F2N3O3/c1-4-2-5(7(13-4)8(15)16)14-9(17)12-3-6(10)11/h2,6,13H,3H2,1H3,(H,15,16)(H2,12,14,17). The maximum Gasteiger partial charge on any atom is 0.354 e. The number of aromatic nitrogens is 1. The minimum Gasteiger partial charge on any atom is -0.477 e. The fraction of sp³-hybridized carbons (Fsp3) is 0.333. The molecule has 94 valence electrons. The Morgan fingerprint density at radius 2 is 2.18 bits per heavy atom. The van der Waals surface area contributed by atoms with Crippen LogP contribution in [0.2, 0.25) is 0 Å². The summed E-state index contributed by atoms with van der Waals surface area (Å²) in [7, 11) is 0. The molecule has 0 atom stereocenters. The van der Waals surface area contributed by atoms with Gasteiger partial charge in [-0.05, 0) is 13.0 Å². The van der Waals surface area contributed by atoms with E-state index in [1.54, 1.807) is 6.92 Å². The van der Waals surface area contributed by atoms with Crippen LogP contribution in [0.4, 0.5) is 19.3 Å². The van der Waals surface area contributed by atoms with Crippen LogP contribution in [0.15, 0.2) is 6.07 Å². The van der Waals surface area contributed by atoms with Gasteiger partial charge < -0.3 is 20.7 Å². The number of carboxylic acid groups (broad SMARTS) is 1. The van der Waals surface area contributed by atoms with Crippen molar-refractivity contribution < 1.29 is 23.5 Å². The first-order chi connectivity index (χ1) is 7.90. The summed E-state index contributed by atoms with van der Waals surface area (Å²) >= 11 is 0. The Kier molecular flexibility index (Phi) is 4.02. The molecule has 0 aromatic carbocycles. The highest BCUT2D eigenvalue weighted by atomic mass is 19.3. The summed E-state index contributed by atoms with van der Waals surface area (Å²) in [5.74, 6) is -1.25. The minimum absolute atomic E-state index is 0.0294. The van der Waals surface area contributed by atoms with Crippen molar-refractivity contribution in [3.63, 3.8) is 0 Å². The number of aromatic amines is 1. The van der Waals surface area contributed by atoms with E-state index >= 15 is 0 Å². The van der Waals surface area contributed by atoms with E-state index in [-0.39, 0.29) is 11.4 Å². The molecule has 17 heavy (non-hydrogen) atoms. The lowest BCUT2D eigenvalue weighted by atomic mass is 10.3. The van der Waals surface area contributed by atoms with Crippen LogP contribution in [0.25, 0.3) is 0 Å². The van der Waals surface area contributed by atoms with Crippen molar-refractivity contribution in [2.45, 2.75) is 13.3 Å². The van der Waals surface area contributed by atoms with Crippen LogP contribution >= 0.6 is 0 Å². The monoisotopic (exact) mass is 247 g/mol. The van der Waals surface area contributed by atoms with Gasteiger partial charge in [0.15, 0.2) is 0 Å². The summed E-state index contributed by atoms with van der Waals surface area (Å²) in [6, 6.07) is 0.512. The van der Waals surface area contributed by atoms with Crippen LogP contribution in [-0.4, -0.2) is 35.1 Å². The van der Waals surface area contributed by atoms with Crippen molar-refractivity contribution in [2.75, 3.05) is 11.9 Å². The van der Waals surface area contributed by atoms with Crippen molar-refractivity contribution in [1.82, 2.24) is 10.3 Å². The number of nitrogens with one attached hydrogen (secondary N) is 3. The van der Waals surface area contributed by atoms with Gasteiger partial charge in [0.1, 0.15) is 5.69 Å². The van der Waals surface area contributed by atoms with Crippen LogP contribution in [0, 0.1) is 6.92 Å². The molecule has 0 aliphatic rings. The normalized spacial score (nSPS) is 10.4. The predicted molar refractivity (Wildman–Crippen MR) is 55.5 cm³/mol. The van der Waals surface area contributed by atoms with Crippen molar-refractivity contribution in [3.05, 3.63) is 17.5 Å². The molecule has 1 rings (SSSR count). The van der Waals surface area contributed by atoms with Gasteiger partial charge in [-0.2, -0.15) is 0 Å². The molecule has 1 heterocycles. The van der Waals surface area contributed by atoms with Crippen LogP contribution in [-0.2, 0) is 0 Å². The number of carbonyl (C=O) groups is 2. The number of carboxylic acids is 1. The van der Waals surface area contributed by atoms with Gasteiger partial charge in [-0.1, -0.05) is 0 Å². The lowest BCUT2D eigenvalue weighted by Gasteiger charge is -2.06. The third-order valence-corrected chi connectivity index (χ3v) is 1.83. The van der Waals surface area contributed by atoms with Crippen molar-refractivity contribution >= 4 is 17.7 Å². The molecule has 0 aliphatic carbocycles. The van der Waals surface area contributed by atoms with E-state index in [2.05, 4.69) is 10.3 Å².